The lowest BCUT2D eigenvalue weighted by molar-refractivity contribution is -0.143. The molecule has 0 unspecified atom stereocenters. The molecule has 0 N–H and O–H groups in total. The number of nitrogens with zero attached hydrogens (tertiary/aromatic N) is 1. The summed E-state index contributed by atoms with van der Waals surface area (Å²) in [6, 6.07) is 14.5. The number of benzene rings is 2. The molecule has 0 aromatic heterocycles. The zero-order valence-corrected chi connectivity index (χ0v) is 14.2. The Balaban J connectivity index is 1.61. The highest BCUT2D eigenvalue weighted by atomic mass is 16.5. The zero-order chi connectivity index (χ0) is 18.0. The molecule has 128 valence electrons. The van der Waals surface area contributed by atoms with E-state index in [1.807, 2.05) is 24.3 Å². The number of ketones is 1. The average Bonchev–Trinajstić information content (AvgIpc) is 2.85. The molecule has 0 saturated heterocycles. The van der Waals surface area contributed by atoms with Crippen LogP contribution in [0.25, 0.3) is 0 Å². The van der Waals surface area contributed by atoms with E-state index in [1.165, 1.54) is 10.5 Å². The molecule has 1 aliphatic heterocycles. The molecule has 0 atom stereocenters. The predicted molar refractivity (Wildman–Crippen MR) is 93.5 cm³/mol. The van der Waals surface area contributed by atoms with Gasteiger partial charge in [0.2, 0.25) is 0 Å². The quantitative estimate of drug-likeness (QED) is 0.621. The normalized spacial score (nSPS) is 13.3. The molecule has 0 radical (unpaired) electrons. The van der Waals surface area contributed by atoms with Crippen molar-refractivity contribution in [3.05, 3.63) is 65.2 Å². The number of Topliss-reactive ketones (excluding diaryl/α,β-unsaturated/α-hetero) is 1. The van der Waals surface area contributed by atoms with Gasteiger partial charge in [0.05, 0.1) is 11.3 Å². The Hall–Kier alpha value is -2.95. The fraction of sp³-hybridized carbons (Fsp3) is 0.250. The topological polar surface area (TPSA) is 63.7 Å². The van der Waals surface area contributed by atoms with Crippen LogP contribution in [0.2, 0.25) is 0 Å². The number of fused-ring (bicyclic) bond motifs is 1. The Morgan fingerprint density at radius 3 is 2.40 bits per heavy atom. The smallest absolute Gasteiger partial charge is 0.326 e. The summed E-state index contributed by atoms with van der Waals surface area (Å²) >= 11 is 0. The van der Waals surface area contributed by atoms with Crippen molar-refractivity contribution >= 4 is 23.3 Å². The first kappa shape index (κ1) is 16.9. The van der Waals surface area contributed by atoms with Crippen LogP contribution in [0.4, 0.5) is 5.69 Å². The summed E-state index contributed by atoms with van der Waals surface area (Å²) in [5.74, 6) is -1.40. The Morgan fingerprint density at radius 1 is 1.04 bits per heavy atom. The third kappa shape index (κ3) is 3.45. The molecule has 0 saturated carbocycles. The number of carbonyl (C=O) groups is 3. The van der Waals surface area contributed by atoms with Crippen LogP contribution in [-0.4, -0.2) is 24.2 Å². The number of carbonyl (C=O) groups excluding carboxylic acids is 3. The number of para-hydroxylation sites is 1. The van der Waals surface area contributed by atoms with Gasteiger partial charge >= 0.3 is 5.97 Å². The van der Waals surface area contributed by atoms with Crippen molar-refractivity contribution in [2.75, 3.05) is 11.4 Å². The van der Waals surface area contributed by atoms with Gasteiger partial charge in [0.15, 0.2) is 0 Å². The molecule has 0 spiro atoms. The maximum Gasteiger partial charge on any atom is 0.326 e. The second kappa shape index (κ2) is 6.89. The van der Waals surface area contributed by atoms with E-state index in [-0.39, 0.29) is 13.2 Å². The van der Waals surface area contributed by atoms with Crippen molar-refractivity contribution in [1.29, 1.82) is 0 Å². The van der Waals surface area contributed by atoms with Crippen LogP contribution in [0.3, 0.4) is 0 Å². The van der Waals surface area contributed by atoms with Gasteiger partial charge in [-0.1, -0.05) is 50.2 Å². The van der Waals surface area contributed by atoms with Gasteiger partial charge in [-0.25, -0.2) is 0 Å². The maximum atomic E-state index is 12.1. The maximum absolute atomic E-state index is 12.1. The summed E-state index contributed by atoms with van der Waals surface area (Å²) < 4.78 is 5.24. The minimum Gasteiger partial charge on any atom is -0.459 e. The van der Waals surface area contributed by atoms with Crippen LogP contribution < -0.4 is 4.90 Å². The molecule has 2 aromatic rings. The van der Waals surface area contributed by atoms with Crippen LogP contribution >= 0.6 is 0 Å². The molecule has 25 heavy (non-hydrogen) atoms. The molecule has 0 fully saturated rings. The van der Waals surface area contributed by atoms with E-state index in [0.29, 0.717) is 17.2 Å². The van der Waals surface area contributed by atoms with Crippen LogP contribution in [0, 0.1) is 0 Å². The lowest BCUT2D eigenvalue weighted by Crippen LogP contribution is -2.35. The van der Waals surface area contributed by atoms with Crippen LogP contribution in [-0.2, 0) is 20.9 Å². The van der Waals surface area contributed by atoms with Crippen molar-refractivity contribution in [3.63, 3.8) is 0 Å². The number of hydrogen-bond donors (Lipinski definition) is 0. The summed E-state index contributed by atoms with van der Waals surface area (Å²) in [6.07, 6.45) is 0. The highest BCUT2D eigenvalue weighted by Crippen LogP contribution is 2.28. The lowest BCUT2D eigenvalue weighted by atomic mass is 10.0. The first-order chi connectivity index (χ1) is 12.0. The number of esters is 1. The van der Waals surface area contributed by atoms with E-state index in [9.17, 15) is 14.4 Å². The summed E-state index contributed by atoms with van der Waals surface area (Å²) in [5, 5.41) is 0. The molecular formula is C20H19NO4. The van der Waals surface area contributed by atoms with Gasteiger partial charge in [0.25, 0.3) is 11.7 Å². The fourth-order valence-corrected chi connectivity index (χ4v) is 2.74. The molecule has 1 aliphatic rings. The van der Waals surface area contributed by atoms with Crippen molar-refractivity contribution in [1.82, 2.24) is 0 Å². The average molecular weight is 337 g/mol. The number of anilines is 1. The Labute approximate surface area is 146 Å². The van der Waals surface area contributed by atoms with E-state index in [4.69, 9.17) is 4.74 Å². The van der Waals surface area contributed by atoms with Crippen molar-refractivity contribution in [2.24, 2.45) is 0 Å². The summed E-state index contributed by atoms with van der Waals surface area (Å²) in [4.78, 5) is 37.2. The lowest BCUT2D eigenvalue weighted by Gasteiger charge is -2.15. The molecule has 0 bridgehead atoms. The van der Waals surface area contributed by atoms with Gasteiger partial charge in [-0.3, -0.25) is 19.3 Å². The summed E-state index contributed by atoms with van der Waals surface area (Å²) in [6.45, 7) is 4.09. The molecule has 5 heteroatoms. The molecule has 0 aliphatic carbocycles. The zero-order valence-electron chi connectivity index (χ0n) is 14.2. The van der Waals surface area contributed by atoms with E-state index < -0.39 is 17.7 Å². The van der Waals surface area contributed by atoms with Crippen LogP contribution in [0.15, 0.2) is 48.5 Å². The first-order valence-corrected chi connectivity index (χ1v) is 8.17. The molecular weight excluding hydrogens is 318 g/mol. The molecule has 5 nitrogen and oxygen atoms in total. The first-order valence-electron chi connectivity index (χ1n) is 8.17. The highest BCUT2D eigenvalue weighted by Gasteiger charge is 2.36. The standard InChI is InChI=1S/C20H19NO4/c1-13(2)15-9-7-14(8-10-15)12-25-18(22)11-21-17-6-4-3-5-16(17)19(23)20(21)24/h3-10,13H,11-12H2,1-2H3. The second-order valence-corrected chi connectivity index (χ2v) is 6.29. The highest BCUT2D eigenvalue weighted by molar-refractivity contribution is 6.52. The van der Waals surface area contributed by atoms with Gasteiger partial charge < -0.3 is 4.74 Å². The summed E-state index contributed by atoms with van der Waals surface area (Å²) in [7, 11) is 0. The fourth-order valence-electron chi connectivity index (χ4n) is 2.74. The minimum absolute atomic E-state index is 0.134. The summed E-state index contributed by atoms with van der Waals surface area (Å²) in [5.41, 5.74) is 2.87. The molecule has 1 heterocycles. The monoisotopic (exact) mass is 337 g/mol. The van der Waals surface area contributed by atoms with E-state index in [1.54, 1.807) is 24.3 Å². The third-order valence-corrected chi connectivity index (χ3v) is 4.21. The Morgan fingerprint density at radius 2 is 1.72 bits per heavy atom. The third-order valence-electron chi connectivity index (χ3n) is 4.21. The van der Waals surface area contributed by atoms with Gasteiger partial charge in [-0.15, -0.1) is 0 Å². The van der Waals surface area contributed by atoms with Crippen molar-refractivity contribution in [3.8, 4) is 0 Å². The molecule has 1 amide bonds. The molecule has 2 aromatic carbocycles. The van der Waals surface area contributed by atoms with Gasteiger partial charge in [0.1, 0.15) is 13.2 Å². The van der Waals surface area contributed by atoms with Gasteiger partial charge in [-0.05, 0) is 29.2 Å². The number of amides is 1. The van der Waals surface area contributed by atoms with Crippen molar-refractivity contribution in [2.45, 2.75) is 26.4 Å². The van der Waals surface area contributed by atoms with E-state index >= 15 is 0 Å². The number of ether oxygens (including phenoxy) is 1. The van der Waals surface area contributed by atoms with Gasteiger partial charge in [-0.2, -0.15) is 0 Å². The molecule has 3 rings (SSSR count). The Bertz CT molecular complexity index is 824. The van der Waals surface area contributed by atoms with Crippen molar-refractivity contribution < 1.29 is 19.1 Å². The minimum atomic E-state index is -0.695. The SMILES string of the molecule is CC(C)c1ccc(COC(=O)CN2C(=O)C(=O)c3ccccc32)cc1. The van der Waals surface area contributed by atoms with E-state index in [2.05, 4.69) is 13.8 Å². The van der Waals surface area contributed by atoms with Crippen LogP contribution in [0.1, 0.15) is 41.3 Å². The largest absolute Gasteiger partial charge is 0.459 e. The second-order valence-electron chi connectivity index (χ2n) is 6.29. The van der Waals surface area contributed by atoms with Crippen LogP contribution in [0.5, 0.6) is 0 Å². The predicted octanol–water partition coefficient (Wildman–Crippen LogP) is 3.08. The number of rotatable bonds is 5. The number of hydrogen-bond acceptors (Lipinski definition) is 4. The van der Waals surface area contributed by atoms with E-state index in [0.717, 1.165) is 5.56 Å². The van der Waals surface area contributed by atoms with Gasteiger partial charge in [0, 0.05) is 0 Å². The Kier molecular flexibility index (Phi) is 4.65.